The molecular weight excluding hydrogens is 198 g/mol. The first-order valence-corrected chi connectivity index (χ1v) is 6.15. The second-order valence-corrected chi connectivity index (χ2v) is 4.67. The Morgan fingerprint density at radius 3 is 2.56 bits per heavy atom. The Hall–Kier alpha value is -0.960. The predicted molar refractivity (Wildman–Crippen MR) is 67.1 cm³/mol. The molecule has 1 aromatic heterocycles. The summed E-state index contributed by atoms with van der Waals surface area (Å²) >= 11 is 0. The Morgan fingerprint density at radius 1 is 1.25 bits per heavy atom. The van der Waals surface area contributed by atoms with E-state index in [0.29, 0.717) is 6.04 Å². The zero-order valence-electron chi connectivity index (χ0n) is 10.8. The molecule has 0 aromatic carbocycles. The largest absolute Gasteiger partial charge is 0.306 e. The summed E-state index contributed by atoms with van der Waals surface area (Å²) in [6.07, 6.45) is 7.73. The van der Waals surface area contributed by atoms with E-state index in [1.807, 2.05) is 6.20 Å². The summed E-state index contributed by atoms with van der Waals surface area (Å²) in [7, 11) is 0. The van der Waals surface area contributed by atoms with E-state index in [1.165, 1.54) is 12.8 Å². The van der Waals surface area contributed by atoms with Crippen LogP contribution < -0.4 is 5.32 Å². The van der Waals surface area contributed by atoms with E-state index < -0.39 is 0 Å². The Bertz CT molecular complexity index is 286. The van der Waals surface area contributed by atoms with Crippen molar-refractivity contribution in [3.63, 3.8) is 0 Å². The highest BCUT2D eigenvalue weighted by molar-refractivity contribution is 5.00. The summed E-state index contributed by atoms with van der Waals surface area (Å²) in [4.78, 5) is 8.39. The molecule has 1 N–H and O–H groups in total. The standard InChI is InChI=1S/C13H23N3/c1-5-10(2)8-11(3)16-12(4)13-9-14-6-7-15-13/h6-7,9-12,16H,5,8H2,1-4H3. The number of hydrogen-bond donors (Lipinski definition) is 1. The molecule has 0 bridgehead atoms. The van der Waals surface area contributed by atoms with Gasteiger partial charge in [0.2, 0.25) is 0 Å². The molecule has 90 valence electrons. The lowest BCUT2D eigenvalue weighted by atomic mass is 10.00. The molecule has 1 aromatic rings. The van der Waals surface area contributed by atoms with Crippen molar-refractivity contribution in [1.29, 1.82) is 0 Å². The quantitative estimate of drug-likeness (QED) is 0.802. The minimum atomic E-state index is 0.271. The Morgan fingerprint density at radius 2 is 2.00 bits per heavy atom. The number of rotatable bonds is 6. The molecule has 0 radical (unpaired) electrons. The molecule has 0 spiro atoms. The summed E-state index contributed by atoms with van der Waals surface area (Å²) in [6.45, 7) is 8.91. The summed E-state index contributed by atoms with van der Waals surface area (Å²) in [5, 5.41) is 3.56. The molecule has 3 nitrogen and oxygen atoms in total. The third-order valence-corrected chi connectivity index (χ3v) is 3.01. The first kappa shape index (κ1) is 13.1. The van der Waals surface area contributed by atoms with E-state index in [-0.39, 0.29) is 6.04 Å². The number of hydrogen-bond acceptors (Lipinski definition) is 3. The third-order valence-electron chi connectivity index (χ3n) is 3.01. The summed E-state index contributed by atoms with van der Waals surface area (Å²) in [5.74, 6) is 0.775. The second kappa shape index (κ2) is 6.59. The predicted octanol–water partition coefficient (Wildman–Crippen LogP) is 2.95. The van der Waals surface area contributed by atoms with Crippen LogP contribution in [0.2, 0.25) is 0 Å². The van der Waals surface area contributed by atoms with Crippen LogP contribution >= 0.6 is 0 Å². The second-order valence-electron chi connectivity index (χ2n) is 4.67. The molecule has 1 rings (SSSR count). The minimum absolute atomic E-state index is 0.271. The fourth-order valence-electron chi connectivity index (χ4n) is 1.88. The average molecular weight is 221 g/mol. The monoisotopic (exact) mass is 221 g/mol. The van der Waals surface area contributed by atoms with Crippen LogP contribution in [0.5, 0.6) is 0 Å². The van der Waals surface area contributed by atoms with Crippen molar-refractivity contribution in [2.24, 2.45) is 5.92 Å². The topological polar surface area (TPSA) is 37.8 Å². The molecule has 0 saturated carbocycles. The van der Waals surface area contributed by atoms with Crippen LogP contribution in [0.3, 0.4) is 0 Å². The van der Waals surface area contributed by atoms with Gasteiger partial charge in [0.05, 0.1) is 5.69 Å². The van der Waals surface area contributed by atoms with E-state index in [4.69, 9.17) is 0 Å². The molecule has 0 aliphatic rings. The highest BCUT2D eigenvalue weighted by atomic mass is 15.0. The van der Waals surface area contributed by atoms with Crippen molar-refractivity contribution in [2.45, 2.75) is 52.6 Å². The van der Waals surface area contributed by atoms with Crippen LogP contribution in [0, 0.1) is 5.92 Å². The first-order chi connectivity index (χ1) is 7.63. The van der Waals surface area contributed by atoms with E-state index >= 15 is 0 Å². The van der Waals surface area contributed by atoms with E-state index in [2.05, 4.69) is 43.0 Å². The molecule has 0 amide bonds. The van der Waals surface area contributed by atoms with Crippen molar-refractivity contribution in [1.82, 2.24) is 15.3 Å². The van der Waals surface area contributed by atoms with Gasteiger partial charge in [-0.2, -0.15) is 0 Å². The summed E-state index contributed by atoms with van der Waals surface area (Å²) in [5.41, 5.74) is 1.01. The number of nitrogens with one attached hydrogen (secondary N) is 1. The molecule has 0 fully saturated rings. The lowest BCUT2D eigenvalue weighted by molar-refractivity contribution is 0.382. The summed E-state index contributed by atoms with van der Waals surface area (Å²) in [6, 6.07) is 0.791. The van der Waals surface area contributed by atoms with Gasteiger partial charge in [-0.1, -0.05) is 20.3 Å². The fraction of sp³-hybridized carbons (Fsp3) is 0.692. The van der Waals surface area contributed by atoms with Gasteiger partial charge < -0.3 is 5.32 Å². The normalized spacial score (nSPS) is 16.8. The van der Waals surface area contributed by atoms with Crippen molar-refractivity contribution in [3.8, 4) is 0 Å². The maximum absolute atomic E-state index is 4.31. The van der Waals surface area contributed by atoms with Crippen LogP contribution in [-0.4, -0.2) is 16.0 Å². The maximum Gasteiger partial charge on any atom is 0.0753 e. The van der Waals surface area contributed by atoms with E-state index in [0.717, 1.165) is 11.6 Å². The van der Waals surface area contributed by atoms with Crippen LogP contribution in [0.15, 0.2) is 18.6 Å². The smallest absolute Gasteiger partial charge is 0.0753 e. The Balaban J connectivity index is 2.42. The maximum atomic E-state index is 4.31. The van der Waals surface area contributed by atoms with Crippen LogP contribution in [0.4, 0.5) is 0 Å². The zero-order valence-corrected chi connectivity index (χ0v) is 10.8. The Kier molecular flexibility index (Phi) is 5.39. The van der Waals surface area contributed by atoms with Gasteiger partial charge in [0.1, 0.15) is 0 Å². The van der Waals surface area contributed by atoms with Gasteiger partial charge in [0.15, 0.2) is 0 Å². The van der Waals surface area contributed by atoms with Crippen molar-refractivity contribution < 1.29 is 0 Å². The van der Waals surface area contributed by atoms with Gasteiger partial charge in [0, 0.05) is 30.7 Å². The lowest BCUT2D eigenvalue weighted by Gasteiger charge is -2.21. The van der Waals surface area contributed by atoms with Gasteiger partial charge in [0.25, 0.3) is 0 Å². The summed E-state index contributed by atoms with van der Waals surface area (Å²) < 4.78 is 0. The van der Waals surface area contributed by atoms with Crippen LogP contribution in [0.25, 0.3) is 0 Å². The van der Waals surface area contributed by atoms with Crippen molar-refractivity contribution >= 4 is 0 Å². The number of nitrogens with zero attached hydrogens (tertiary/aromatic N) is 2. The van der Waals surface area contributed by atoms with Crippen LogP contribution in [0.1, 0.15) is 52.3 Å². The molecule has 3 heteroatoms. The van der Waals surface area contributed by atoms with Gasteiger partial charge in [-0.25, -0.2) is 0 Å². The van der Waals surface area contributed by atoms with E-state index in [1.54, 1.807) is 12.4 Å². The molecule has 0 aliphatic heterocycles. The minimum Gasteiger partial charge on any atom is -0.306 e. The lowest BCUT2D eigenvalue weighted by Crippen LogP contribution is -2.30. The molecule has 1 heterocycles. The van der Waals surface area contributed by atoms with Crippen molar-refractivity contribution in [3.05, 3.63) is 24.3 Å². The molecular formula is C13H23N3. The first-order valence-electron chi connectivity index (χ1n) is 6.15. The van der Waals surface area contributed by atoms with Gasteiger partial charge in [-0.15, -0.1) is 0 Å². The fourth-order valence-corrected chi connectivity index (χ4v) is 1.88. The van der Waals surface area contributed by atoms with Crippen molar-refractivity contribution in [2.75, 3.05) is 0 Å². The zero-order chi connectivity index (χ0) is 12.0. The van der Waals surface area contributed by atoms with Gasteiger partial charge >= 0.3 is 0 Å². The average Bonchev–Trinajstić information content (AvgIpc) is 2.29. The highest BCUT2D eigenvalue weighted by Crippen LogP contribution is 2.13. The Labute approximate surface area is 98.7 Å². The molecule has 3 unspecified atom stereocenters. The SMILES string of the molecule is CCC(C)CC(C)NC(C)c1cnccn1. The van der Waals surface area contributed by atoms with Gasteiger partial charge in [-0.3, -0.25) is 9.97 Å². The third kappa shape index (κ3) is 4.27. The highest BCUT2D eigenvalue weighted by Gasteiger charge is 2.12. The molecule has 16 heavy (non-hydrogen) atoms. The number of aromatic nitrogens is 2. The molecule has 0 aliphatic carbocycles. The molecule has 3 atom stereocenters. The van der Waals surface area contributed by atoms with Gasteiger partial charge in [-0.05, 0) is 26.2 Å². The van der Waals surface area contributed by atoms with E-state index in [9.17, 15) is 0 Å². The molecule has 0 saturated heterocycles. The van der Waals surface area contributed by atoms with Crippen LogP contribution in [-0.2, 0) is 0 Å².